The van der Waals surface area contributed by atoms with Crippen LogP contribution in [-0.2, 0) is 9.63 Å². The molecule has 8 heteroatoms. The molecule has 3 rings (SSSR count). The summed E-state index contributed by atoms with van der Waals surface area (Å²) in [5, 5.41) is 11.8. The number of carbonyl (C=O) groups excluding carboxylic acids is 3. The lowest BCUT2D eigenvalue weighted by Crippen LogP contribution is -2.41. The van der Waals surface area contributed by atoms with Crippen molar-refractivity contribution < 1.29 is 24.1 Å². The van der Waals surface area contributed by atoms with Crippen LogP contribution in [-0.4, -0.2) is 27.8 Å². The number of carbonyl (C=O) groups is 3. The molecule has 0 aliphatic carbocycles. The minimum absolute atomic E-state index is 0.0667. The van der Waals surface area contributed by atoms with E-state index in [1.54, 1.807) is 0 Å². The Balaban J connectivity index is 2.32. The van der Waals surface area contributed by atoms with Crippen LogP contribution >= 0.6 is 0 Å². The molecule has 8 nitrogen and oxygen atoms in total. The maximum Gasteiger partial charge on any atom is 0.330 e. The summed E-state index contributed by atoms with van der Waals surface area (Å²) in [6.45, 7) is 1.06. The van der Waals surface area contributed by atoms with Gasteiger partial charge in [0.05, 0.1) is 21.4 Å². The van der Waals surface area contributed by atoms with Crippen LogP contribution in [0.5, 0.6) is 0 Å². The maximum absolute atomic E-state index is 12.3. The fraction of sp³-hybridized carbons (Fsp3) is 0.0714. The van der Waals surface area contributed by atoms with E-state index in [9.17, 15) is 24.5 Å². The molecule has 0 saturated heterocycles. The molecule has 0 N–H and O–H groups in total. The lowest BCUT2D eigenvalue weighted by atomic mass is 9.94. The third-order valence-electron chi connectivity index (χ3n) is 3.26. The minimum Gasteiger partial charge on any atom is -0.330 e. The minimum atomic E-state index is -0.834. The van der Waals surface area contributed by atoms with Gasteiger partial charge in [0.25, 0.3) is 17.5 Å². The number of benzene rings is 2. The Morgan fingerprint density at radius 2 is 1.77 bits per heavy atom. The Kier molecular flexibility index (Phi) is 2.87. The largest absolute Gasteiger partial charge is 0.330 e. The Hall–Kier alpha value is -3.29. The zero-order chi connectivity index (χ0) is 16.0. The van der Waals surface area contributed by atoms with Crippen molar-refractivity contribution in [2.45, 2.75) is 6.92 Å². The summed E-state index contributed by atoms with van der Waals surface area (Å²) in [7, 11) is 0. The highest BCUT2D eigenvalue weighted by atomic mass is 16.7. The fourth-order valence-corrected chi connectivity index (χ4v) is 2.43. The number of nitrogens with zero attached hydrogens (tertiary/aromatic N) is 2. The van der Waals surface area contributed by atoms with Gasteiger partial charge in [-0.25, -0.2) is 4.79 Å². The number of nitro benzene ring substituents is 1. The normalized spacial score (nSPS) is 13.4. The smallest absolute Gasteiger partial charge is 0.330 e. The Bertz CT molecular complexity index is 851. The molecule has 1 aliphatic rings. The summed E-state index contributed by atoms with van der Waals surface area (Å²) in [5.41, 5.74) is -0.0729. The first-order valence-corrected chi connectivity index (χ1v) is 6.19. The van der Waals surface area contributed by atoms with E-state index in [-0.39, 0.29) is 27.6 Å². The van der Waals surface area contributed by atoms with Crippen molar-refractivity contribution in [2.24, 2.45) is 0 Å². The first-order chi connectivity index (χ1) is 10.4. The van der Waals surface area contributed by atoms with Crippen LogP contribution in [0.4, 0.5) is 5.69 Å². The van der Waals surface area contributed by atoms with E-state index in [1.165, 1.54) is 30.3 Å². The van der Waals surface area contributed by atoms with E-state index in [2.05, 4.69) is 4.84 Å². The number of hydrogen-bond acceptors (Lipinski definition) is 6. The highest BCUT2D eigenvalue weighted by molar-refractivity contribution is 6.26. The van der Waals surface area contributed by atoms with Crippen molar-refractivity contribution in [1.82, 2.24) is 5.06 Å². The van der Waals surface area contributed by atoms with Crippen LogP contribution in [0.2, 0.25) is 0 Å². The molecule has 0 bridgehead atoms. The van der Waals surface area contributed by atoms with Crippen molar-refractivity contribution in [1.29, 1.82) is 0 Å². The summed E-state index contributed by atoms with van der Waals surface area (Å²) >= 11 is 0. The van der Waals surface area contributed by atoms with Crippen molar-refractivity contribution in [3.63, 3.8) is 0 Å². The number of amides is 2. The van der Waals surface area contributed by atoms with Gasteiger partial charge in [0.2, 0.25) is 0 Å². The average molecular weight is 300 g/mol. The van der Waals surface area contributed by atoms with Crippen molar-refractivity contribution in [3.05, 3.63) is 51.6 Å². The standard InChI is InChI=1S/C14H8N2O6/c1-7(17)22-15-13(18)9-4-2-3-8-11(16(20)21)6-5-10(12(8)9)14(15)19/h2-6H,1H3. The number of hydrogen-bond donors (Lipinski definition) is 0. The lowest BCUT2D eigenvalue weighted by Gasteiger charge is -2.24. The summed E-state index contributed by atoms with van der Waals surface area (Å²) < 4.78 is 0. The van der Waals surface area contributed by atoms with Crippen LogP contribution in [0.15, 0.2) is 30.3 Å². The summed E-state index contributed by atoms with van der Waals surface area (Å²) in [6.07, 6.45) is 0. The molecule has 0 aromatic heterocycles. The zero-order valence-electron chi connectivity index (χ0n) is 11.2. The van der Waals surface area contributed by atoms with E-state index in [0.29, 0.717) is 5.06 Å². The highest BCUT2D eigenvalue weighted by Crippen LogP contribution is 2.35. The van der Waals surface area contributed by atoms with Gasteiger partial charge in [-0.1, -0.05) is 11.1 Å². The van der Waals surface area contributed by atoms with Gasteiger partial charge in [-0.05, 0) is 18.2 Å². The van der Waals surface area contributed by atoms with E-state index < -0.39 is 22.7 Å². The molecule has 0 unspecified atom stereocenters. The van der Waals surface area contributed by atoms with E-state index in [4.69, 9.17) is 0 Å². The predicted molar refractivity (Wildman–Crippen MR) is 72.9 cm³/mol. The maximum atomic E-state index is 12.3. The van der Waals surface area contributed by atoms with Crippen LogP contribution in [0, 0.1) is 10.1 Å². The number of non-ortho nitro benzene ring substituents is 1. The van der Waals surface area contributed by atoms with Gasteiger partial charge < -0.3 is 4.84 Å². The molecular weight excluding hydrogens is 292 g/mol. The summed E-state index contributed by atoms with van der Waals surface area (Å²) in [5.74, 6) is -2.49. The quantitative estimate of drug-likeness (QED) is 0.475. The van der Waals surface area contributed by atoms with Gasteiger partial charge in [-0.15, -0.1) is 0 Å². The van der Waals surface area contributed by atoms with Gasteiger partial charge in [0.15, 0.2) is 0 Å². The van der Waals surface area contributed by atoms with Gasteiger partial charge in [-0.2, -0.15) is 0 Å². The molecule has 0 radical (unpaired) electrons. The zero-order valence-corrected chi connectivity index (χ0v) is 11.2. The summed E-state index contributed by atoms with van der Waals surface area (Å²) in [6, 6.07) is 6.77. The molecule has 2 aromatic rings. The third-order valence-corrected chi connectivity index (χ3v) is 3.26. The second kappa shape index (κ2) is 4.62. The lowest BCUT2D eigenvalue weighted by molar-refractivity contribution is -0.383. The monoisotopic (exact) mass is 300 g/mol. The molecule has 0 fully saturated rings. The number of hydroxylamine groups is 2. The van der Waals surface area contributed by atoms with Crippen molar-refractivity contribution >= 4 is 34.2 Å². The Morgan fingerprint density at radius 3 is 2.36 bits per heavy atom. The van der Waals surface area contributed by atoms with E-state index >= 15 is 0 Å². The van der Waals surface area contributed by atoms with E-state index in [1.807, 2.05) is 0 Å². The second-order valence-corrected chi connectivity index (χ2v) is 4.61. The SMILES string of the molecule is CC(=O)ON1C(=O)c2cccc3c([N+](=O)[O-])ccc(c23)C1=O. The second-order valence-electron chi connectivity index (χ2n) is 4.61. The van der Waals surface area contributed by atoms with Gasteiger partial charge >= 0.3 is 5.97 Å². The molecule has 0 saturated carbocycles. The van der Waals surface area contributed by atoms with Gasteiger partial charge in [0.1, 0.15) is 0 Å². The van der Waals surface area contributed by atoms with Crippen molar-refractivity contribution in [3.8, 4) is 0 Å². The average Bonchev–Trinajstić information content (AvgIpc) is 2.48. The number of nitro groups is 1. The van der Waals surface area contributed by atoms with E-state index in [0.717, 1.165) is 6.92 Å². The molecule has 2 amide bonds. The fourth-order valence-electron chi connectivity index (χ4n) is 2.43. The Labute approximate surface area is 123 Å². The Morgan fingerprint density at radius 1 is 1.14 bits per heavy atom. The topological polar surface area (TPSA) is 107 Å². The summed E-state index contributed by atoms with van der Waals surface area (Å²) in [4.78, 5) is 50.7. The molecule has 110 valence electrons. The molecule has 2 aromatic carbocycles. The van der Waals surface area contributed by atoms with Crippen molar-refractivity contribution in [2.75, 3.05) is 0 Å². The molecule has 22 heavy (non-hydrogen) atoms. The molecule has 0 atom stereocenters. The first kappa shape index (κ1) is 13.7. The molecule has 0 spiro atoms. The predicted octanol–water partition coefficient (Wildman–Crippen LogP) is 1.82. The first-order valence-electron chi connectivity index (χ1n) is 6.19. The highest BCUT2D eigenvalue weighted by Gasteiger charge is 2.37. The van der Waals surface area contributed by atoms with Crippen LogP contribution in [0.1, 0.15) is 27.6 Å². The van der Waals surface area contributed by atoms with Crippen LogP contribution < -0.4 is 0 Å². The molecule has 1 aliphatic heterocycles. The van der Waals surface area contributed by atoms with Gasteiger partial charge in [-0.3, -0.25) is 19.7 Å². The number of imide groups is 1. The third kappa shape index (κ3) is 1.81. The van der Waals surface area contributed by atoms with Crippen LogP contribution in [0.25, 0.3) is 10.8 Å². The van der Waals surface area contributed by atoms with Crippen LogP contribution in [0.3, 0.4) is 0 Å². The molecule has 1 heterocycles. The number of rotatable bonds is 2. The van der Waals surface area contributed by atoms with Gasteiger partial charge in [0, 0.05) is 18.4 Å². The molecular formula is C14H8N2O6.